The van der Waals surface area contributed by atoms with Gasteiger partial charge in [-0.05, 0) is 97.9 Å². The van der Waals surface area contributed by atoms with Crippen LogP contribution in [0.2, 0.25) is 0 Å². The Hall–Kier alpha value is -3.51. The number of hydrogen-bond acceptors (Lipinski definition) is 3. The molecule has 0 bridgehead atoms. The summed E-state index contributed by atoms with van der Waals surface area (Å²) >= 11 is 5.38. The summed E-state index contributed by atoms with van der Waals surface area (Å²) in [6.45, 7) is 14.5. The van der Waals surface area contributed by atoms with Crippen molar-refractivity contribution >= 4 is 40.9 Å². The number of carbonyl (C=O) groups is 2. The van der Waals surface area contributed by atoms with Crippen molar-refractivity contribution in [3.05, 3.63) is 87.7 Å². The summed E-state index contributed by atoms with van der Waals surface area (Å²) in [5.41, 5.74) is 7.80. The van der Waals surface area contributed by atoms with Crippen molar-refractivity contribution in [2.24, 2.45) is 0 Å². The van der Waals surface area contributed by atoms with Crippen molar-refractivity contribution in [1.82, 2.24) is 9.88 Å². The molecule has 0 radical (unpaired) electrons. The third kappa shape index (κ3) is 4.58. The third-order valence-electron chi connectivity index (χ3n) is 6.47. The zero-order chi connectivity index (χ0) is 25.7. The summed E-state index contributed by atoms with van der Waals surface area (Å²) in [5, 5.41) is 2.78. The lowest BCUT2D eigenvalue weighted by Gasteiger charge is -2.30. The zero-order valence-electron chi connectivity index (χ0n) is 21.3. The minimum atomic E-state index is -0.485. The van der Waals surface area contributed by atoms with E-state index in [4.69, 9.17) is 12.2 Å². The fourth-order valence-corrected chi connectivity index (χ4v) is 4.71. The van der Waals surface area contributed by atoms with Gasteiger partial charge in [-0.25, -0.2) is 0 Å². The maximum atomic E-state index is 13.5. The van der Waals surface area contributed by atoms with Crippen molar-refractivity contribution < 1.29 is 9.59 Å². The predicted octanol–water partition coefficient (Wildman–Crippen LogP) is 5.84. The number of hydrogen-bond donors (Lipinski definition) is 1. The molecule has 0 atom stereocenters. The van der Waals surface area contributed by atoms with E-state index >= 15 is 0 Å². The molecule has 180 valence electrons. The standard InChI is InChI=1S/C29H31N3O2S/c1-17-8-9-18(2)25(14-17)32-27(34)24(26(33)30-28(32)35)16-21-15-19(3)31(20(21)4)23-12-10-22(11-13-23)29(5,6)7/h8-16H,1-7H3,(H,30,33,35)/b24-16+. The lowest BCUT2D eigenvalue weighted by atomic mass is 9.87. The van der Waals surface area contributed by atoms with Crippen LogP contribution in [0.1, 0.15) is 54.4 Å². The Morgan fingerprint density at radius 1 is 0.914 bits per heavy atom. The Bertz CT molecular complexity index is 1390. The molecule has 0 aliphatic carbocycles. The molecule has 6 heteroatoms. The van der Waals surface area contributed by atoms with Gasteiger partial charge < -0.3 is 4.57 Å². The van der Waals surface area contributed by atoms with Gasteiger partial charge in [-0.3, -0.25) is 19.8 Å². The minimum absolute atomic E-state index is 0.0582. The monoisotopic (exact) mass is 485 g/mol. The molecule has 3 aromatic rings. The van der Waals surface area contributed by atoms with Gasteiger partial charge in [0.15, 0.2) is 5.11 Å². The van der Waals surface area contributed by atoms with Gasteiger partial charge in [0.1, 0.15) is 5.57 Å². The number of aryl methyl sites for hydroxylation is 3. The molecule has 1 aliphatic heterocycles. The number of rotatable bonds is 3. The highest BCUT2D eigenvalue weighted by molar-refractivity contribution is 7.80. The van der Waals surface area contributed by atoms with E-state index in [9.17, 15) is 9.59 Å². The van der Waals surface area contributed by atoms with Crippen LogP contribution in [0.3, 0.4) is 0 Å². The molecule has 5 nitrogen and oxygen atoms in total. The van der Waals surface area contributed by atoms with Crippen LogP contribution in [-0.2, 0) is 15.0 Å². The summed E-state index contributed by atoms with van der Waals surface area (Å²) in [6.07, 6.45) is 1.67. The molecule has 0 saturated carbocycles. The normalized spacial score (nSPS) is 15.7. The van der Waals surface area contributed by atoms with Crippen molar-refractivity contribution in [3.8, 4) is 5.69 Å². The Kier molecular flexibility index (Phi) is 6.28. The molecule has 4 rings (SSSR count). The molecule has 2 aromatic carbocycles. The molecular weight excluding hydrogens is 454 g/mol. The van der Waals surface area contributed by atoms with Crippen molar-refractivity contribution in [3.63, 3.8) is 0 Å². The van der Waals surface area contributed by atoms with E-state index in [1.165, 1.54) is 10.5 Å². The van der Waals surface area contributed by atoms with Crippen molar-refractivity contribution in [1.29, 1.82) is 0 Å². The van der Waals surface area contributed by atoms with Gasteiger partial charge in [0.25, 0.3) is 11.8 Å². The summed E-state index contributed by atoms with van der Waals surface area (Å²) < 4.78 is 2.14. The van der Waals surface area contributed by atoms with Gasteiger partial charge in [-0.1, -0.05) is 45.0 Å². The molecule has 1 fully saturated rings. The maximum absolute atomic E-state index is 13.5. The number of thiocarbonyl (C=S) groups is 1. The van der Waals surface area contributed by atoms with Gasteiger partial charge in [-0.2, -0.15) is 0 Å². The molecule has 0 unspecified atom stereocenters. The zero-order valence-corrected chi connectivity index (χ0v) is 22.1. The maximum Gasteiger partial charge on any atom is 0.270 e. The second kappa shape index (κ2) is 8.93. The van der Waals surface area contributed by atoms with Crippen molar-refractivity contribution in [2.75, 3.05) is 4.90 Å². The summed E-state index contributed by atoms with van der Waals surface area (Å²) in [7, 11) is 0. The number of nitrogens with one attached hydrogen (secondary N) is 1. The summed E-state index contributed by atoms with van der Waals surface area (Å²) in [5.74, 6) is -0.910. The second-order valence-electron chi connectivity index (χ2n) is 10.2. The van der Waals surface area contributed by atoms with Crippen LogP contribution in [0.5, 0.6) is 0 Å². The molecule has 0 spiro atoms. The first-order valence-electron chi connectivity index (χ1n) is 11.7. The first kappa shape index (κ1) is 24.6. The van der Waals surface area contributed by atoms with E-state index in [0.717, 1.165) is 33.8 Å². The van der Waals surface area contributed by atoms with E-state index in [1.807, 2.05) is 52.0 Å². The fourth-order valence-electron chi connectivity index (χ4n) is 4.43. The van der Waals surface area contributed by atoms with Crippen LogP contribution in [0.4, 0.5) is 5.69 Å². The second-order valence-corrected chi connectivity index (χ2v) is 10.6. The first-order valence-corrected chi connectivity index (χ1v) is 12.1. The SMILES string of the molecule is Cc1ccc(C)c(N2C(=O)/C(=C/c3cc(C)n(-c4ccc(C(C)(C)C)cc4)c3C)C(=O)NC2=S)c1. The van der Waals surface area contributed by atoms with Crippen LogP contribution in [0, 0.1) is 27.7 Å². The molecule has 35 heavy (non-hydrogen) atoms. The Labute approximate surface area is 212 Å². The molecule has 2 amide bonds. The molecule has 1 N–H and O–H groups in total. The average molecular weight is 486 g/mol. The molecule has 1 saturated heterocycles. The van der Waals surface area contributed by atoms with Crippen LogP contribution in [-0.4, -0.2) is 21.5 Å². The van der Waals surface area contributed by atoms with E-state index < -0.39 is 11.8 Å². The highest BCUT2D eigenvalue weighted by Gasteiger charge is 2.35. The number of carbonyl (C=O) groups excluding carboxylic acids is 2. The number of anilines is 1. The van der Waals surface area contributed by atoms with Gasteiger partial charge in [0.05, 0.1) is 5.69 Å². The smallest absolute Gasteiger partial charge is 0.270 e. The molecule has 1 aliphatic rings. The largest absolute Gasteiger partial charge is 0.318 e. The number of benzene rings is 2. The Morgan fingerprint density at radius 3 is 2.20 bits per heavy atom. The predicted molar refractivity (Wildman–Crippen MR) is 146 cm³/mol. The summed E-state index contributed by atoms with van der Waals surface area (Å²) in [4.78, 5) is 27.8. The Morgan fingerprint density at radius 2 is 1.57 bits per heavy atom. The van der Waals surface area contributed by atoms with Gasteiger partial charge in [0.2, 0.25) is 0 Å². The van der Waals surface area contributed by atoms with Gasteiger partial charge >= 0.3 is 0 Å². The van der Waals surface area contributed by atoms with E-state index in [1.54, 1.807) is 6.08 Å². The van der Waals surface area contributed by atoms with Gasteiger partial charge in [-0.15, -0.1) is 0 Å². The number of nitrogens with zero attached hydrogens (tertiary/aromatic N) is 2. The van der Waals surface area contributed by atoms with E-state index in [-0.39, 0.29) is 16.1 Å². The van der Waals surface area contributed by atoms with Crippen LogP contribution >= 0.6 is 12.2 Å². The Balaban J connectivity index is 1.75. The quantitative estimate of drug-likeness (QED) is 0.288. The minimum Gasteiger partial charge on any atom is -0.318 e. The first-order chi connectivity index (χ1) is 16.4. The van der Waals surface area contributed by atoms with Gasteiger partial charge in [0, 0.05) is 17.1 Å². The summed E-state index contributed by atoms with van der Waals surface area (Å²) in [6, 6.07) is 16.3. The number of amides is 2. The molecular formula is C29H31N3O2S. The number of aromatic nitrogens is 1. The molecule has 1 aromatic heterocycles. The highest BCUT2D eigenvalue weighted by Crippen LogP contribution is 2.29. The average Bonchev–Trinajstić information content (AvgIpc) is 3.05. The third-order valence-corrected chi connectivity index (χ3v) is 6.75. The fraction of sp³-hybridized carbons (Fsp3) is 0.276. The topological polar surface area (TPSA) is 54.3 Å². The lowest BCUT2D eigenvalue weighted by molar-refractivity contribution is -0.122. The van der Waals surface area contributed by atoms with E-state index in [2.05, 4.69) is 54.9 Å². The van der Waals surface area contributed by atoms with Crippen LogP contribution in [0.25, 0.3) is 11.8 Å². The lowest BCUT2D eigenvalue weighted by Crippen LogP contribution is -2.54. The van der Waals surface area contributed by atoms with Crippen LogP contribution < -0.4 is 10.2 Å². The van der Waals surface area contributed by atoms with E-state index in [0.29, 0.717) is 5.69 Å². The highest BCUT2D eigenvalue weighted by atomic mass is 32.1. The molecule has 2 heterocycles. The van der Waals surface area contributed by atoms with Crippen LogP contribution in [0.15, 0.2) is 54.1 Å². The van der Waals surface area contributed by atoms with Crippen molar-refractivity contribution in [2.45, 2.75) is 53.9 Å².